The smallest absolute Gasteiger partial charge is 0.430 e. The van der Waals surface area contributed by atoms with Crippen molar-refractivity contribution in [3.05, 3.63) is 60.3 Å². The number of methoxy groups -OCH3 is 1. The highest BCUT2D eigenvalue weighted by Gasteiger charge is 2.50. The summed E-state index contributed by atoms with van der Waals surface area (Å²) in [5, 5.41) is 3.80. The number of rotatable bonds is 2. The summed E-state index contributed by atoms with van der Waals surface area (Å²) in [5.41, 5.74) is 0.620. The van der Waals surface area contributed by atoms with E-state index in [1.54, 1.807) is 36.5 Å². The van der Waals surface area contributed by atoms with Gasteiger partial charge in [0.05, 0.1) is 24.5 Å². The van der Waals surface area contributed by atoms with Gasteiger partial charge in [0.25, 0.3) is 0 Å². The lowest BCUT2D eigenvalue weighted by Crippen LogP contribution is -2.41. The maximum atomic E-state index is 13.9. The number of H-pyrrole nitrogens is 1. The van der Waals surface area contributed by atoms with Crippen molar-refractivity contribution in [1.82, 2.24) is 4.98 Å². The molecule has 5 nitrogen and oxygen atoms in total. The molecule has 0 bridgehead atoms. The molecule has 144 valence electrons. The summed E-state index contributed by atoms with van der Waals surface area (Å²) in [6, 6.07) is 12.6. The van der Waals surface area contributed by atoms with Crippen LogP contribution >= 0.6 is 0 Å². The summed E-state index contributed by atoms with van der Waals surface area (Å²) in [6.07, 6.45) is -3.19. The molecule has 2 N–H and O–H groups in total. The largest absolute Gasteiger partial charge is 0.468 e. The highest BCUT2D eigenvalue weighted by Crippen LogP contribution is 2.42. The number of para-hydroxylation sites is 3. The number of nitrogens with one attached hydrogen (secondary N) is 2. The molecule has 0 saturated heterocycles. The second-order valence-electron chi connectivity index (χ2n) is 6.42. The lowest BCUT2D eigenvalue weighted by Gasteiger charge is -2.27. The topological polar surface area (TPSA) is 66.5 Å². The van der Waals surface area contributed by atoms with Crippen molar-refractivity contribution >= 4 is 34.0 Å². The molecule has 4 rings (SSSR count). The van der Waals surface area contributed by atoms with Crippen LogP contribution in [0.15, 0.2) is 59.7 Å². The molecule has 3 aromatic rings. The number of aromatic nitrogens is 1. The molecular formula is C20H16F3N3O2. The zero-order valence-electron chi connectivity index (χ0n) is 14.7. The number of carbonyl (C=O) groups is 1. The lowest BCUT2D eigenvalue weighted by atomic mass is 9.88. The zero-order chi connectivity index (χ0) is 19.9. The first-order valence-electron chi connectivity index (χ1n) is 8.55. The summed E-state index contributed by atoms with van der Waals surface area (Å²) < 4.78 is 46.5. The number of carbonyl (C=O) groups excluding carboxylic acids is 1. The molecule has 0 spiro atoms. The number of benzene rings is 2. The van der Waals surface area contributed by atoms with Crippen LogP contribution in [0.2, 0.25) is 0 Å². The van der Waals surface area contributed by atoms with E-state index in [0.29, 0.717) is 11.3 Å². The summed E-state index contributed by atoms with van der Waals surface area (Å²) in [5.74, 6) is -2.68. The molecule has 2 atom stereocenters. The number of esters is 1. The fourth-order valence-electron chi connectivity index (χ4n) is 3.52. The van der Waals surface area contributed by atoms with Crippen molar-refractivity contribution in [2.24, 2.45) is 10.9 Å². The van der Waals surface area contributed by atoms with Gasteiger partial charge in [-0.2, -0.15) is 13.2 Å². The van der Waals surface area contributed by atoms with Crippen molar-refractivity contribution in [3.63, 3.8) is 0 Å². The van der Waals surface area contributed by atoms with E-state index >= 15 is 0 Å². The minimum Gasteiger partial charge on any atom is -0.468 e. The average molecular weight is 387 g/mol. The average Bonchev–Trinajstić information content (AvgIpc) is 3.01. The Morgan fingerprint density at radius 1 is 1.11 bits per heavy atom. The Balaban J connectivity index is 1.97. The third-order valence-electron chi connectivity index (χ3n) is 4.79. The van der Waals surface area contributed by atoms with Crippen LogP contribution in [0.4, 0.5) is 24.5 Å². The van der Waals surface area contributed by atoms with Gasteiger partial charge in [-0.1, -0.05) is 30.3 Å². The van der Waals surface area contributed by atoms with Crippen LogP contribution in [-0.2, 0) is 9.53 Å². The molecule has 1 aromatic heterocycles. The second kappa shape index (κ2) is 6.70. The highest BCUT2D eigenvalue weighted by atomic mass is 19.4. The lowest BCUT2D eigenvalue weighted by molar-refractivity contribution is -0.145. The van der Waals surface area contributed by atoms with Crippen molar-refractivity contribution in [2.45, 2.75) is 12.2 Å². The highest BCUT2D eigenvalue weighted by molar-refractivity contribution is 6.09. The van der Waals surface area contributed by atoms with E-state index < -0.39 is 29.8 Å². The minimum atomic E-state index is -4.80. The van der Waals surface area contributed by atoms with Gasteiger partial charge in [0, 0.05) is 22.7 Å². The van der Waals surface area contributed by atoms with Gasteiger partial charge in [0.1, 0.15) is 11.6 Å². The first-order chi connectivity index (χ1) is 13.4. The van der Waals surface area contributed by atoms with Gasteiger partial charge in [0.2, 0.25) is 0 Å². The van der Waals surface area contributed by atoms with Crippen molar-refractivity contribution in [1.29, 1.82) is 0 Å². The number of halogens is 3. The number of nitrogens with zero attached hydrogens (tertiary/aromatic N) is 1. The van der Waals surface area contributed by atoms with Gasteiger partial charge < -0.3 is 15.0 Å². The van der Waals surface area contributed by atoms with E-state index in [1.165, 1.54) is 6.07 Å². The molecule has 0 amide bonds. The normalized spacial score (nSPS) is 19.4. The number of fused-ring (bicyclic) bond motifs is 2. The summed E-state index contributed by atoms with van der Waals surface area (Å²) in [7, 11) is 1.07. The Morgan fingerprint density at radius 3 is 2.57 bits per heavy atom. The Labute approximate surface area is 158 Å². The van der Waals surface area contributed by atoms with Gasteiger partial charge >= 0.3 is 12.1 Å². The van der Waals surface area contributed by atoms with Crippen LogP contribution in [0.25, 0.3) is 10.9 Å². The zero-order valence-corrected chi connectivity index (χ0v) is 14.7. The maximum Gasteiger partial charge on any atom is 0.430 e. The van der Waals surface area contributed by atoms with Crippen molar-refractivity contribution < 1.29 is 22.7 Å². The van der Waals surface area contributed by atoms with Gasteiger partial charge in [-0.05, 0) is 18.2 Å². The van der Waals surface area contributed by atoms with E-state index in [2.05, 4.69) is 15.3 Å². The van der Waals surface area contributed by atoms with E-state index in [4.69, 9.17) is 4.74 Å². The standard InChI is InChI=1S/C20H16F3N3O2/c1-28-19(27)16-17(12-10-24-13-7-3-2-6-11(12)13)25-14-8-4-5-9-15(14)26-18(16)20(21,22)23/h2-10,16-17,24-25H,1H3. The Kier molecular flexibility index (Phi) is 4.33. The first kappa shape index (κ1) is 18.1. The van der Waals surface area contributed by atoms with E-state index in [9.17, 15) is 18.0 Å². The van der Waals surface area contributed by atoms with Gasteiger partial charge in [-0.15, -0.1) is 0 Å². The van der Waals surface area contributed by atoms with Crippen molar-refractivity contribution in [2.75, 3.05) is 12.4 Å². The minimum absolute atomic E-state index is 0.117. The second-order valence-corrected chi connectivity index (χ2v) is 6.42. The van der Waals surface area contributed by atoms with E-state index in [-0.39, 0.29) is 5.69 Å². The van der Waals surface area contributed by atoms with E-state index in [1.807, 2.05) is 12.1 Å². The number of alkyl halides is 3. The molecule has 0 fully saturated rings. The molecule has 0 radical (unpaired) electrons. The maximum absolute atomic E-state index is 13.9. The molecule has 1 aliphatic rings. The predicted octanol–water partition coefficient (Wildman–Crippen LogP) is 4.76. The summed E-state index contributed by atoms with van der Waals surface area (Å²) in [4.78, 5) is 19.4. The number of anilines is 1. The predicted molar refractivity (Wildman–Crippen MR) is 99.8 cm³/mol. The Hall–Kier alpha value is -3.29. The fourth-order valence-corrected chi connectivity index (χ4v) is 3.52. The van der Waals surface area contributed by atoms with Crippen LogP contribution < -0.4 is 5.32 Å². The Bertz CT molecular complexity index is 1070. The van der Waals surface area contributed by atoms with Gasteiger partial charge in [-0.3, -0.25) is 4.79 Å². The Morgan fingerprint density at radius 2 is 1.82 bits per heavy atom. The quantitative estimate of drug-likeness (QED) is 0.623. The molecule has 28 heavy (non-hydrogen) atoms. The third kappa shape index (κ3) is 3.00. The molecule has 0 aliphatic carbocycles. The summed E-state index contributed by atoms with van der Waals surface area (Å²) in [6.45, 7) is 0. The van der Waals surface area contributed by atoms with Crippen molar-refractivity contribution in [3.8, 4) is 0 Å². The van der Waals surface area contributed by atoms with Crippen LogP contribution in [0.3, 0.4) is 0 Å². The first-order valence-corrected chi connectivity index (χ1v) is 8.55. The number of aromatic amines is 1. The molecular weight excluding hydrogens is 371 g/mol. The van der Waals surface area contributed by atoms with Gasteiger partial charge in [-0.25, -0.2) is 4.99 Å². The van der Waals surface area contributed by atoms with Gasteiger partial charge in [0.15, 0.2) is 0 Å². The van der Waals surface area contributed by atoms with Crippen LogP contribution in [-0.4, -0.2) is 30.0 Å². The molecule has 2 aromatic carbocycles. The molecule has 8 heteroatoms. The molecule has 1 aliphatic heterocycles. The monoisotopic (exact) mass is 387 g/mol. The number of hydrogen-bond acceptors (Lipinski definition) is 4. The van der Waals surface area contributed by atoms with Crippen LogP contribution in [0.1, 0.15) is 11.6 Å². The fraction of sp³-hybridized carbons (Fsp3) is 0.200. The number of aliphatic imine (C=N–C) groups is 1. The SMILES string of the molecule is COC(=O)C1C(C(F)(F)F)=Nc2ccccc2NC1c1c[nH]c2ccccc12. The number of hydrogen-bond donors (Lipinski definition) is 2. The molecule has 0 saturated carbocycles. The van der Waals surface area contributed by atoms with Crippen LogP contribution in [0, 0.1) is 5.92 Å². The number of ether oxygens (including phenoxy) is 1. The van der Waals surface area contributed by atoms with Crippen LogP contribution in [0.5, 0.6) is 0 Å². The third-order valence-corrected chi connectivity index (χ3v) is 4.79. The molecule has 2 heterocycles. The summed E-state index contributed by atoms with van der Waals surface area (Å²) >= 11 is 0. The van der Waals surface area contributed by atoms with E-state index in [0.717, 1.165) is 18.0 Å². The molecule has 2 unspecified atom stereocenters.